The third-order valence-electron chi connectivity index (χ3n) is 3.62. The number of rotatable bonds is 6. The molecule has 0 heterocycles. The first-order valence-corrected chi connectivity index (χ1v) is 8.07. The number of amides is 2. The second-order valence-electron chi connectivity index (χ2n) is 5.51. The standard InChI is InChI=1S/C20H22N2O3/c1-4-5-14(2)19(23)21-16-8-6-15(7-9-16)20(24)22-17-10-12-18(25-3)13-11-17/h5-13H,4H2,1-3H3,(H,21,23)(H,22,24). The zero-order chi connectivity index (χ0) is 18.2. The number of nitrogens with one attached hydrogen (secondary N) is 2. The number of carbonyl (C=O) groups is 2. The minimum Gasteiger partial charge on any atom is -0.497 e. The molecule has 0 aromatic heterocycles. The lowest BCUT2D eigenvalue weighted by molar-refractivity contribution is -0.112. The van der Waals surface area contributed by atoms with Crippen LogP contribution in [0.4, 0.5) is 11.4 Å². The van der Waals surface area contributed by atoms with Gasteiger partial charge in [-0.2, -0.15) is 0 Å². The van der Waals surface area contributed by atoms with Gasteiger partial charge in [0.25, 0.3) is 11.8 Å². The fraction of sp³-hybridized carbons (Fsp3) is 0.200. The van der Waals surface area contributed by atoms with Crippen molar-refractivity contribution in [2.75, 3.05) is 17.7 Å². The minimum absolute atomic E-state index is 0.141. The van der Waals surface area contributed by atoms with Crippen LogP contribution in [0.3, 0.4) is 0 Å². The molecule has 2 aromatic carbocycles. The zero-order valence-electron chi connectivity index (χ0n) is 14.6. The number of ether oxygens (including phenoxy) is 1. The highest BCUT2D eigenvalue weighted by Crippen LogP contribution is 2.17. The Bertz CT molecular complexity index is 763. The maximum absolute atomic E-state index is 12.3. The monoisotopic (exact) mass is 338 g/mol. The van der Waals surface area contributed by atoms with E-state index in [1.54, 1.807) is 62.6 Å². The van der Waals surface area contributed by atoms with Crippen LogP contribution in [0.5, 0.6) is 5.75 Å². The van der Waals surface area contributed by atoms with E-state index in [1.165, 1.54) is 0 Å². The Morgan fingerprint density at radius 2 is 1.52 bits per heavy atom. The first-order chi connectivity index (χ1) is 12.0. The molecular formula is C20H22N2O3. The highest BCUT2D eigenvalue weighted by molar-refractivity contribution is 6.05. The van der Waals surface area contributed by atoms with Gasteiger partial charge < -0.3 is 15.4 Å². The van der Waals surface area contributed by atoms with Crippen molar-refractivity contribution < 1.29 is 14.3 Å². The summed E-state index contributed by atoms with van der Waals surface area (Å²) in [6.07, 6.45) is 2.68. The van der Waals surface area contributed by atoms with Crippen LogP contribution in [-0.4, -0.2) is 18.9 Å². The van der Waals surface area contributed by atoms with E-state index in [1.807, 2.05) is 13.0 Å². The van der Waals surface area contributed by atoms with Crippen LogP contribution in [0, 0.1) is 0 Å². The number of carbonyl (C=O) groups excluding carboxylic acids is 2. The molecule has 2 aromatic rings. The topological polar surface area (TPSA) is 67.4 Å². The van der Waals surface area contributed by atoms with Gasteiger partial charge in [-0.3, -0.25) is 9.59 Å². The number of benzene rings is 2. The maximum atomic E-state index is 12.3. The van der Waals surface area contributed by atoms with Crippen LogP contribution in [0.1, 0.15) is 30.6 Å². The summed E-state index contributed by atoms with van der Waals surface area (Å²) in [6, 6.07) is 13.9. The molecule has 0 aliphatic rings. The quantitative estimate of drug-likeness (QED) is 0.774. The van der Waals surface area contributed by atoms with E-state index in [-0.39, 0.29) is 11.8 Å². The Hall–Kier alpha value is -3.08. The molecule has 0 aliphatic heterocycles. The smallest absolute Gasteiger partial charge is 0.255 e. The molecule has 0 unspecified atom stereocenters. The van der Waals surface area contributed by atoms with E-state index in [0.717, 1.165) is 12.2 Å². The molecule has 0 spiro atoms. The SMILES string of the molecule is CCC=C(C)C(=O)Nc1ccc(C(=O)Nc2ccc(OC)cc2)cc1. The maximum Gasteiger partial charge on any atom is 0.255 e. The molecule has 0 radical (unpaired) electrons. The van der Waals surface area contributed by atoms with E-state index in [4.69, 9.17) is 4.74 Å². The van der Waals surface area contributed by atoms with Gasteiger partial charge in [-0.05, 0) is 61.9 Å². The van der Waals surface area contributed by atoms with Gasteiger partial charge in [0.15, 0.2) is 0 Å². The van der Waals surface area contributed by atoms with Crippen LogP contribution in [0.15, 0.2) is 60.2 Å². The summed E-state index contributed by atoms with van der Waals surface area (Å²) in [4.78, 5) is 24.2. The van der Waals surface area contributed by atoms with Gasteiger partial charge in [0.2, 0.25) is 0 Å². The normalized spacial score (nSPS) is 10.9. The molecule has 0 atom stereocenters. The van der Waals surface area contributed by atoms with E-state index in [9.17, 15) is 9.59 Å². The molecule has 5 nitrogen and oxygen atoms in total. The van der Waals surface area contributed by atoms with Gasteiger partial charge in [-0.25, -0.2) is 0 Å². The molecule has 0 fully saturated rings. The van der Waals surface area contributed by atoms with Gasteiger partial charge in [-0.1, -0.05) is 13.0 Å². The van der Waals surface area contributed by atoms with Gasteiger partial charge >= 0.3 is 0 Å². The summed E-state index contributed by atoms with van der Waals surface area (Å²) in [7, 11) is 1.59. The number of methoxy groups -OCH3 is 1. The summed E-state index contributed by atoms with van der Waals surface area (Å²) in [5.41, 5.74) is 2.51. The van der Waals surface area contributed by atoms with Crippen molar-refractivity contribution in [1.82, 2.24) is 0 Å². The third kappa shape index (κ3) is 5.21. The Morgan fingerprint density at radius 1 is 0.960 bits per heavy atom. The molecule has 0 saturated carbocycles. The van der Waals surface area contributed by atoms with Crippen LogP contribution in [0.25, 0.3) is 0 Å². The molecule has 5 heteroatoms. The van der Waals surface area contributed by atoms with Gasteiger partial charge in [0.1, 0.15) is 5.75 Å². The van der Waals surface area contributed by atoms with Crippen molar-refractivity contribution in [2.24, 2.45) is 0 Å². The highest BCUT2D eigenvalue weighted by atomic mass is 16.5. The molecule has 2 N–H and O–H groups in total. The van der Waals surface area contributed by atoms with Crippen molar-refractivity contribution in [3.8, 4) is 5.75 Å². The van der Waals surface area contributed by atoms with E-state index in [0.29, 0.717) is 22.5 Å². The van der Waals surface area contributed by atoms with Crippen LogP contribution >= 0.6 is 0 Å². The summed E-state index contributed by atoms with van der Waals surface area (Å²) in [5.74, 6) is 0.368. The summed E-state index contributed by atoms with van der Waals surface area (Å²) in [5, 5.41) is 5.62. The van der Waals surface area contributed by atoms with Crippen molar-refractivity contribution in [1.29, 1.82) is 0 Å². The summed E-state index contributed by atoms with van der Waals surface area (Å²) in [6.45, 7) is 3.75. The number of anilines is 2. The average Bonchev–Trinajstić information content (AvgIpc) is 2.63. The molecule has 0 bridgehead atoms. The van der Waals surface area contributed by atoms with Gasteiger partial charge in [0, 0.05) is 22.5 Å². The average molecular weight is 338 g/mol. The zero-order valence-corrected chi connectivity index (χ0v) is 14.6. The first-order valence-electron chi connectivity index (χ1n) is 8.07. The largest absolute Gasteiger partial charge is 0.497 e. The highest BCUT2D eigenvalue weighted by Gasteiger charge is 2.08. The third-order valence-corrected chi connectivity index (χ3v) is 3.62. The van der Waals surface area contributed by atoms with E-state index >= 15 is 0 Å². The summed E-state index contributed by atoms with van der Waals surface area (Å²) >= 11 is 0. The molecule has 2 rings (SSSR count). The lowest BCUT2D eigenvalue weighted by Crippen LogP contribution is -2.14. The van der Waals surface area contributed by atoms with Crippen molar-refractivity contribution >= 4 is 23.2 Å². The second-order valence-corrected chi connectivity index (χ2v) is 5.51. The molecular weight excluding hydrogens is 316 g/mol. The van der Waals surface area contributed by atoms with E-state index in [2.05, 4.69) is 10.6 Å². The van der Waals surface area contributed by atoms with Crippen molar-refractivity contribution in [2.45, 2.75) is 20.3 Å². The lowest BCUT2D eigenvalue weighted by Gasteiger charge is -2.08. The summed E-state index contributed by atoms with van der Waals surface area (Å²) < 4.78 is 5.08. The number of hydrogen-bond donors (Lipinski definition) is 2. The van der Waals surface area contributed by atoms with Crippen LogP contribution < -0.4 is 15.4 Å². The fourth-order valence-electron chi connectivity index (χ4n) is 2.21. The van der Waals surface area contributed by atoms with Crippen LogP contribution in [0.2, 0.25) is 0 Å². The Morgan fingerprint density at radius 3 is 2.08 bits per heavy atom. The second kappa shape index (κ2) is 8.68. The predicted molar refractivity (Wildman–Crippen MR) is 100 cm³/mol. The first kappa shape index (κ1) is 18.3. The van der Waals surface area contributed by atoms with Crippen molar-refractivity contribution in [3.63, 3.8) is 0 Å². The fourth-order valence-corrected chi connectivity index (χ4v) is 2.21. The van der Waals surface area contributed by atoms with Crippen LogP contribution in [-0.2, 0) is 4.79 Å². The molecule has 25 heavy (non-hydrogen) atoms. The lowest BCUT2D eigenvalue weighted by atomic mass is 10.1. The predicted octanol–water partition coefficient (Wildman–Crippen LogP) is 4.24. The molecule has 130 valence electrons. The minimum atomic E-state index is -0.217. The van der Waals surface area contributed by atoms with Gasteiger partial charge in [0.05, 0.1) is 7.11 Å². The molecule has 0 saturated heterocycles. The number of allylic oxidation sites excluding steroid dienone is 1. The Kier molecular flexibility index (Phi) is 6.34. The van der Waals surface area contributed by atoms with E-state index < -0.39 is 0 Å². The van der Waals surface area contributed by atoms with Gasteiger partial charge in [-0.15, -0.1) is 0 Å². The Labute approximate surface area is 147 Å². The Balaban J connectivity index is 1.99. The molecule has 2 amide bonds. The van der Waals surface area contributed by atoms with Crippen molar-refractivity contribution in [3.05, 3.63) is 65.7 Å². The number of hydrogen-bond acceptors (Lipinski definition) is 3. The molecule has 0 aliphatic carbocycles.